The molecule has 0 aromatic heterocycles. The van der Waals surface area contributed by atoms with E-state index in [4.69, 9.17) is 5.52 Å². The lowest BCUT2D eigenvalue weighted by Gasteiger charge is -2.03. The van der Waals surface area contributed by atoms with Crippen LogP contribution in [0.15, 0.2) is 18.2 Å². The summed E-state index contributed by atoms with van der Waals surface area (Å²) in [5, 5.41) is 0. The molecule has 0 saturated carbocycles. The second-order valence-corrected chi connectivity index (χ2v) is 2.31. The van der Waals surface area contributed by atoms with E-state index < -0.39 is 5.82 Å². The van der Waals surface area contributed by atoms with Gasteiger partial charge in [-0.2, -0.15) is 0 Å². The first-order chi connectivity index (χ1) is 6.29. The molecule has 0 bridgehead atoms. The van der Waals surface area contributed by atoms with Gasteiger partial charge < -0.3 is 4.18 Å². The number of benzene rings is 1. The zero-order valence-corrected chi connectivity index (χ0v) is 6.81. The van der Waals surface area contributed by atoms with E-state index in [1.807, 2.05) is 0 Å². The van der Waals surface area contributed by atoms with Crippen molar-refractivity contribution in [1.29, 1.82) is 1.34 Å². The molecule has 0 spiro atoms. The Morgan fingerprint density at radius 1 is 1.75 bits per heavy atom. The minimum absolute atomic E-state index is 0.128. The Bertz CT molecular complexity index is 311. The van der Waals surface area contributed by atoms with Crippen LogP contribution in [0, 0.1) is 5.82 Å². The van der Waals surface area contributed by atoms with E-state index in [9.17, 15) is 9.18 Å². The first-order valence-corrected chi connectivity index (χ1v) is 3.87. The quantitative estimate of drug-likeness (QED) is 0.403. The van der Waals surface area contributed by atoms with E-state index in [0.717, 1.165) is 7.09 Å². The van der Waals surface area contributed by atoms with Gasteiger partial charge in [-0.25, -0.2) is 4.39 Å². The van der Waals surface area contributed by atoms with Gasteiger partial charge in [0.15, 0.2) is 6.29 Å². The molecule has 1 aromatic rings. The van der Waals surface area contributed by atoms with Crippen LogP contribution in [0.25, 0.3) is 0 Å². The smallest absolute Gasteiger partial charge is 0.227 e. The third-order valence-corrected chi connectivity index (χ3v) is 1.54. The molecule has 0 N–H and O–H groups in total. The van der Waals surface area contributed by atoms with Gasteiger partial charge in [-0.05, 0) is 25.4 Å². The van der Waals surface area contributed by atoms with Crippen LogP contribution in [0.5, 0.6) is 5.75 Å². The highest BCUT2D eigenvalue weighted by atomic mass is 32.2. The Kier molecular flexibility index (Phi) is 2.66. The van der Waals surface area contributed by atoms with Gasteiger partial charge in [0.25, 0.3) is 0 Å². The van der Waals surface area contributed by atoms with Crippen molar-refractivity contribution in [1.82, 2.24) is 0 Å². The molecule has 0 aliphatic rings. The van der Waals surface area contributed by atoms with E-state index in [2.05, 4.69) is 0 Å². The van der Waals surface area contributed by atoms with Gasteiger partial charge in [0.2, 0.25) is 7.09 Å². The Morgan fingerprint density at radius 3 is 3.25 bits per heavy atom. The standard InChI is InChI=1S/C7H5BFO2S/c8-12-11-7-3-1-2-6(9)5(7)4-10/h1-4,8H/i8T. The topological polar surface area (TPSA) is 26.3 Å². The predicted molar refractivity (Wildman–Crippen MR) is 47.2 cm³/mol. The fraction of sp³-hybridized carbons (Fsp3) is 0. The minimum atomic E-state index is -0.627. The van der Waals surface area contributed by atoms with Crippen LogP contribution < -0.4 is 4.18 Å². The molecule has 1 rings (SSSR count). The predicted octanol–water partition coefficient (Wildman–Crippen LogP) is 1.48. The maximum atomic E-state index is 12.9. The maximum absolute atomic E-state index is 12.9. The molecule has 0 amide bonds. The van der Waals surface area contributed by atoms with Crippen LogP contribution in [-0.2, 0) is 0 Å². The summed E-state index contributed by atoms with van der Waals surface area (Å²) in [4.78, 5) is 10.4. The van der Waals surface area contributed by atoms with Crippen molar-refractivity contribution in [2.75, 3.05) is 0 Å². The van der Waals surface area contributed by atoms with Crippen molar-refractivity contribution in [2.45, 2.75) is 0 Å². The summed E-state index contributed by atoms with van der Waals surface area (Å²) in [6.45, 7) is 0. The summed E-state index contributed by atoms with van der Waals surface area (Å²) in [6, 6.07) is 4.07. The Labute approximate surface area is 76.0 Å². The molecule has 0 aliphatic carbocycles. The van der Waals surface area contributed by atoms with Crippen LogP contribution >= 0.6 is 11.9 Å². The van der Waals surface area contributed by atoms with Gasteiger partial charge in [0.05, 0.1) is 5.56 Å². The highest BCUT2D eigenvalue weighted by Gasteiger charge is 2.07. The molecule has 0 saturated heterocycles. The number of hydrogen-bond acceptors (Lipinski definition) is 3. The van der Waals surface area contributed by atoms with E-state index in [1.165, 1.54) is 18.2 Å². The fourth-order valence-electron chi connectivity index (χ4n) is 0.756. The highest BCUT2D eigenvalue weighted by Crippen LogP contribution is 2.21. The molecule has 0 aliphatic heterocycles. The van der Waals surface area contributed by atoms with E-state index in [1.54, 1.807) is 0 Å². The Morgan fingerprint density at radius 2 is 2.58 bits per heavy atom. The zero-order valence-electron chi connectivity index (χ0n) is 6.99. The summed E-state index contributed by atoms with van der Waals surface area (Å²) in [5.41, 5.74) is -0.128. The van der Waals surface area contributed by atoms with E-state index in [-0.39, 0.29) is 11.3 Å². The van der Waals surface area contributed by atoms with Crippen molar-refractivity contribution in [2.24, 2.45) is 0 Å². The van der Waals surface area contributed by atoms with Gasteiger partial charge in [-0.3, -0.25) is 4.79 Å². The van der Waals surface area contributed by atoms with Crippen LogP contribution in [0.3, 0.4) is 0 Å². The molecule has 61 valence electrons. The zero-order chi connectivity index (χ0) is 9.68. The Balaban J connectivity index is 2.91. The Hall–Kier alpha value is -0.965. The molecule has 0 fully saturated rings. The molecule has 5 heteroatoms. The number of rotatable bonds is 4. The molecule has 1 aromatic carbocycles. The van der Waals surface area contributed by atoms with Crippen LogP contribution in [0.4, 0.5) is 4.39 Å². The number of hydrogen-bond donors (Lipinski definition) is 0. The number of halogens is 1. The van der Waals surface area contributed by atoms with Gasteiger partial charge in [-0.15, -0.1) is 0 Å². The molecule has 0 heterocycles. The monoisotopic (exact) mass is 185 g/mol. The molecule has 0 unspecified atom stereocenters. The summed E-state index contributed by atoms with van der Waals surface area (Å²) in [7, 11) is 0.944. The van der Waals surface area contributed by atoms with Crippen molar-refractivity contribution < 1.29 is 13.4 Å². The van der Waals surface area contributed by atoms with Gasteiger partial charge in [-0.1, -0.05) is 6.07 Å². The minimum Gasteiger partial charge on any atom is -0.438 e. The first kappa shape index (κ1) is 7.67. The van der Waals surface area contributed by atoms with E-state index >= 15 is 0 Å². The summed E-state index contributed by atoms with van der Waals surface area (Å²) < 4.78 is 24.4. The third kappa shape index (κ3) is 1.79. The third-order valence-electron chi connectivity index (χ3n) is 1.27. The van der Waals surface area contributed by atoms with Crippen LogP contribution in [0.1, 0.15) is 10.4 Å². The molecular weight excluding hydrogens is 178 g/mol. The summed E-state index contributed by atoms with van der Waals surface area (Å²) in [5.74, 6) is -0.499. The average Bonchev–Trinajstić information content (AvgIpc) is 2.15. The number of aldehydes is 1. The fourth-order valence-corrected chi connectivity index (χ4v) is 1.01. The lowest BCUT2D eigenvalue weighted by molar-refractivity contribution is 0.111. The largest absolute Gasteiger partial charge is 0.438 e. The molecular formula is C7H5BFO2S. The van der Waals surface area contributed by atoms with E-state index in [0.29, 0.717) is 18.2 Å². The summed E-state index contributed by atoms with van der Waals surface area (Å²) in [6.07, 6.45) is 0.384. The lowest BCUT2D eigenvalue weighted by Crippen LogP contribution is -1.92. The molecule has 1 radical (unpaired) electrons. The molecule has 2 nitrogen and oxygen atoms in total. The average molecular weight is 185 g/mol. The second-order valence-electron chi connectivity index (χ2n) is 1.95. The lowest BCUT2D eigenvalue weighted by atomic mass is 10.2. The first-order valence-electron chi connectivity index (χ1n) is 3.64. The van der Waals surface area contributed by atoms with Crippen LogP contribution in [-0.4, -0.2) is 14.7 Å². The highest BCUT2D eigenvalue weighted by molar-refractivity contribution is 8.16. The summed E-state index contributed by atoms with van der Waals surface area (Å²) >= 11 is 0.716. The number of carbonyl (C=O) groups excluding carboxylic acids is 1. The van der Waals surface area contributed by atoms with Crippen LogP contribution in [0.2, 0.25) is 0 Å². The van der Waals surface area contributed by atoms with Crippen molar-refractivity contribution in [3.8, 4) is 5.75 Å². The molecule has 0 atom stereocenters. The van der Waals surface area contributed by atoms with Gasteiger partial charge in [0.1, 0.15) is 11.6 Å². The van der Waals surface area contributed by atoms with Crippen molar-refractivity contribution in [3.05, 3.63) is 29.6 Å². The molecule has 12 heavy (non-hydrogen) atoms. The number of carbonyl (C=O) groups is 1. The second kappa shape index (κ2) is 4.16. The van der Waals surface area contributed by atoms with Gasteiger partial charge in [0, 0.05) is 0 Å². The van der Waals surface area contributed by atoms with Crippen molar-refractivity contribution >= 4 is 25.3 Å². The van der Waals surface area contributed by atoms with Crippen molar-refractivity contribution in [3.63, 3.8) is 0 Å². The maximum Gasteiger partial charge on any atom is 0.227 e. The normalized spacial score (nSPS) is 10.2. The van der Waals surface area contributed by atoms with Gasteiger partial charge >= 0.3 is 0 Å². The SMILES string of the molecule is [3H][B]SOc1cccc(F)c1C=O.